The standard InChI is InChI=1S/C19H21NO/c1-2-6-15-13-16(10-9-14(15)5-1)20-18-11-12-21-19-8-4-3-7-17(18)19/h1-8,16,18,20H,9-13H2. The van der Waals surface area contributed by atoms with Crippen LogP contribution in [0, 0.1) is 0 Å². The van der Waals surface area contributed by atoms with E-state index in [-0.39, 0.29) is 0 Å². The minimum absolute atomic E-state index is 0.435. The van der Waals surface area contributed by atoms with E-state index < -0.39 is 0 Å². The minimum Gasteiger partial charge on any atom is -0.493 e. The van der Waals surface area contributed by atoms with Crippen LogP contribution in [0.1, 0.15) is 35.6 Å². The summed E-state index contributed by atoms with van der Waals surface area (Å²) in [6.07, 6.45) is 4.64. The van der Waals surface area contributed by atoms with Crippen LogP contribution in [0.25, 0.3) is 0 Å². The highest BCUT2D eigenvalue weighted by Gasteiger charge is 2.25. The maximum atomic E-state index is 5.76. The van der Waals surface area contributed by atoms with Crippen molar-refractivity contribution in [3.05, 3.63) is 65.2 Å². The highest BCUT2D eigenvalue weighted by Crippen LogP contribution is 2.33. The Morgan fingerprint density at radius 1 is 0.905 bits per heavy atom. The molecule has 2 atom stereocenters. The van der Waals surface area contributed by atoms with Crippen LogP contribution in [0.15, 0.2) is 48.5 Å². The van der Waals surface area contributed by atoms with Gasteiger partial charge in [-0.15, -0.1) is 0 Å². The summed E-state index contributed by atoms with van der Waals surface area (Å²) in [5, 5.41) is 3.87. The lowest BCUT2D eigenvalue weighted by Gasteiger charge is -2.33. The SMILES string of the molecule is c1ccc2c(c1)CCC(NC1CCOc3ccccc31)C2. The largest absolute Gasteiger partial charge is 0.493 e. The van der Waals surface area contributed by atoms with E-state index in [1.54, 1.807) is 0 Å². The molecule has 0 spiro atoms. The van der Waals surface area contributed by atoms with E-state index in [1.165, 1.54) is 29.5 Å². The first kappa shape index (κ1) is 12.9. The van der Waals surface area contributed by atoms with Crippen LogP contribution in [0.5, 0.6) is 5.75 Å². The van der Waals surface area contributed by atoms with E-state index in [0.717, 1.165) is 25.2 Å². The average molecular weight is 279 g/mol. The summed E-state index contributed by atoms with van der Waals surface area (Å²) < 4.78 is 5.76. The number of para-hydroxylation sites is 1. The molecule has 108 valence electrons. The van der Waals surface area contributed by atoms with Crippen molar-refractivity contribution in [1.82, 2.24) is 5.32 Å². The van der Waals surface area contributed by atoms with Gasteiger partial charge in [0.05, 0.1) is 6.61 Å². The van der Waals surface area contributed by atoms with Crippen LogP contribution in [-0.2, 0) is 12.8 Å². The summed E-state index contributed by atoms with van der Waals surface area (Å²) in [5.74, 6) is 1.05. The molecule has 1 aliphatic carbocycles. The molecule has 0 bridgehead atoms. The van der Waals surface area contributed by atoms with Crippen molar-refractivity contribution in [1.29, 1.82) is 0 Å². The molecule has 2 aromatic carbocycles. The Bertz CT molecular complexity index is 637. The molecule has 21 heavy (non-hydrogen) atoms. The van der Waals surface area contributed by atoms with Crippen molar-refractivity contribution in [3.63, 3.8) is 0 Å². The number of hydrogen-bond acceptors (Lipinski definition) is 2. The second kappa shape index (κ2) is 5.53. The Morgan fingerprint density at radius 3 is 2.67 bits per heavy atom. The maximum Gasteiger partial charge on any atom is 0.124 e. The van der Waals surface area contributed by atoms with Crippen molar-refractivity contribution in [2.24, 2.45) is 0 Å². The summed E-state index contributed by atoms with van der Waals surface area (Å²) in [7, 11) is 0. The second-order valence-electron chi connectivity index (χ2n) is 6.10. The molecular weight excluding hydrogens is 258 g/mol. The van der Waals surface area contributed by atoms with Gasteiger partial charge >= 0.3 is 0 Å². The average Bonchev–Trinajstić information content (AvgIpc) is 2.55. The molecule has 2 aromatic rings. The van der Waals surface area contributed by atoms with Gasteiger partial charge in [0, 0.05) is 24.1 Å². The second-order valence-corrected chi connectivity index (χ2v) is 6.10. The fraction of sp³-hybridized carbons (Fsp3) is 0.368. The molecule has 0 fully saturated rings. The van der Waals surface area contributed by atoms with Gasteiger partial charge in [-0.05, 0) is 36.5 Å². The van der Waals surface area contributed by atoms with E-state index in [1.807, 2.05) is 0 Å². The van der Waals surface area contributed by atoms with Crippen molar-refractivity contribution in [3.8, 4) is 5.75 Å². The molecule has 1 N–H and O–H groups in total. The summed E-state index contributed by atoms with van der Waals surface area (Å²) >= 11 is 0. The van der Waals surface area contributed by atoms with Gasteiger partial charge in [0.25, 0.3) is 0 Å². The lowest BCUT2D eigenvalue weighted by molar-refractivity contribution is 0.240. The molecule has 0 saturated carbocycles. The predicted molar refractivity (Wildman–Crippen MR) is 84.7 cm³/mol. The van der Waals surface area contributed by atoms with Crippen LogP contribution in [0.3, 0.4) is 0 Å². The fourth-order valence-electron chi connectivity index (χ4n) is 3.64. The van der Waals surface area contributed by atoms with Gasteiger partial charge in [-0.2, -0.15) is 0 Å². The van der Waals surface area contributed by atoms with Gasteiger partial charge < -0.3 is 10.1 Å². The van der Waals surface area contributed by atoms with Crippen molar-refractivity contribution < 1.29 is 4.74 Å². The van der Waals surface area contributed by atoms with Crippen molar-refractivity contribution >= 4 is 0 Å². The Morgan fingerprint density at radius 2 is 1.71 bits per heavy atom. The Kier molecular flexibility index (Phi) is 3.40. The first-order valence-corrected chi connectivity index (χ1v) is 7.95. The van der Waals surface area contributed by atoms with E-state index in [0.29, 0.717) is 12.1 Å². The smallest absolute Gasteiger partial charge is 0.124 e. The van der Waals surface area contributed by atoms with E-state index in [9.17, 15) is 0 Å². The van der Waals surface area contributed by atoms with Crippen molar-refractivity contribution in [2.75, 3.05) is 6.61 Å². The summed E-state index contributed by atoms with van der Waals surface area (Å²) in [6.45, 7) is 0.817. The van der Waals surface area contributed by atoms with E-state index in [4.69, 9.17) is 4.74 Å². The highest BCUT2D eigenvalue weighted by atomic mass is 16.5. The molecule has 2 nitrogen and oxygen atoms in total. The molecule has 1 heterocycles. The zero-order chi connectivity index (χ0) is 14.1. The topological polar surface area (TPSA) is 21.3 Å². The zero-order valence-electron chi connectivity index (χ0n) is 12.2. The highest BCUT2D eigenvalue weighted by molar-refractivity contribution is 5.37. The number of aryl methyl sites for hydroxylation is 1. The fourth-order valence-corrected chi connectivity index (χ4v) is 3.64. The van der Waals surface area contributed by atoms with Crippen LogP contribution >= 0.6 is 0 Å². The van der Waals surface area contributed by atoms with Gasteiger partial charge in [0.2, 0.25) is 0 Å². The summed E-state index contributed by atoms with van der Waals surface area (Å²) in [4.78, 5) is 0. The third-order valence-electron chi connectivity index (χ3n) is 4.74. The third-order valence-corrected chi connectivity index (χ3v) is 4.74. The summed E-state index contributed by atoms with van der Waals surface area (Å²) in [6, 6.07) is 18.3. The molecule has 4 rings (SSSR count). The number of nitrogens with one attached hydrogen (secondary N) is 1. The molecule has 2 unspecified atom stereocenters. The third kappa shape index (κ3) is 2.56. The molecule has 0 saturated heterocycles. The molecule has 0 amide bonds. The normalized spacial score (nSPS) is 23.8. The van der Waals surface area contributed by atoms with Gasteiger partial charge in [0.15, 0.2) is 0 Å². The lowest BCUT2D eigenvalue weighted by atomic mass is 9.87. The van der Waals surface area contributed by atoms with E-state index in [2.05, 4.69) is 53.8 Å². The Labute approximate surface area is 126 Å². The molecule has 2 heteroatoms. The predicted octanol–water partition coefficient (Wildman–Crippen LogP) is 3.66. The molecule has 0 aromatic heterocycles. The first-order chi connectivity index (χ1) is 10.4. The van der Waals surface area contributed by atoms with Crippen LogP contribution in [0.2, 0.25) is 0 Å². The molecule has 2 aliphatic rings. The minimum atomic E-state index is 0.435. The van der Waals surface area contributed by atoms with Crippen molar-refractivity contribution in [2.45, 2.75) is 37.8 Å². The van der Waals surface area contributed by atoms with Crippen LogP contribution in [-0.4, -0.2) is 12.6 Å². The molecular formula is C19H21NO. The number of ether oxygens (including phenoxy) is 1. The van der Waals surface area contributed by atoms with Crippen LogP contribution in [0.4, 0.5) is 0 Å². The van der Waals surface area contributed by atoms with E-state index >= 15 is 0 Å². The lowest BCUT2D eigenvalue weighted by Crippen LogP contribution is -2.39. The number of benzene rings is 2. The molecule has 1 aliphatic heterocycles. The summed E-state index contributed by atoms with van der Waals surface area (Å²) in [5.41, 5.74) is 4.37. The monoisotopic (exact) mass is 279 g/mol. The Balaban J connectivity index is 1.51. The first-order valence-electron chi connectivity index (χ1n) is 7.95. The van der Waals surface area contributed by atoms with Gasteiger partial charge in [-0.3, -0.25) is 0 Å². The number of fused-ring (bicyclic) bond motifs is 2. The Hall–Kier alpha value is -1.80. The van der Waals surface area contributed by atoms with Crippen LogP contribution < -0.4 is 10.1 Å². The van der Waals surface area contributed by atoms with Gasteiger partial charge in [0.1, 0.15) is 5.75 Å². The van der Waals surface area contributed by atoms with Gasteiger partial charge in [-0.25, -0.2) is 0 Å². The number of rotatable bonds is 2. The molecule has 0 radical (unpaired) electrons. The maximum absolute atomic E-state index is 5.76. The zero-order valence-corrected chi connectivity index (χ0v) is 12.2. The quantitative estimate of drug-likeness (QED) is 0.906. The number of hydrogen-bond donors (Lipinski definition) is 1. The van der Waals surface area contributed by atoms with Gasteiger partial charge in [-0.1, -0.05) is 42.5 Å².